The molecule has 0 unspecified atom stereocenters. The van der Waals surface area contributed by atoms with Gasteiger partial charge in [0.15, 0.2) is 5.78 Å². The molecule has 0 spiro atoms. The molecule has 0 N–H and O–H groups in total. The van der Waals surface area contributed by atoms with E-state index in [1.165, 1.54) is 12.1 Å². The third-order valence-corrected chi connectivity index (χ3v) is 6.14. The van der Waals surface area contributed by atoms with Crippen molar-refractivity contribution in [2.45, 2.75) is 25.8 Å². The van der Waals surface area contributed by atoms with Crippen molar-refractivity contribution >= 4 is 19.2 Å². The number of ketones is 1. The quantitative estimate of drug-likeness (QED) is 0.424. The molecule has 0 amide bonds. The van der Waals surface area contributed by atoms with Crippen LogP contribution in [0.3, 0.4) is 0 Å². The van der Waals surface area contributed by atoms with Gasteiger partial charge in [0.2, 0.25) is 0 Å². The number of hydrogen-bond acceptors (Lipinski definition) is 4. The van der Waals surface area contributed by atoms with E-state index in [4.69, 9.17) is 9.26 Å². The lowest BCUT2D eigenvalue weighted by molar-refractivity contribution is -0.137. The summed E-state index contributed by atoms with van der Waals surface area (Å²) in [6, 6.07) is 11.2. The van der Waals surface area contributed by atoms with Gasteiger partial charge in [0.05, 0.1) is 18.2 Å². The van der Waals surface area contributed by atoms with Gasteiger partial charge in [0.25, 0.3) is 0 Å². The number of ether oxygens (including phenoxy) is 1. The van der Waals surface area contributed by atoms with Crippen molar-refractivity contribution in [3.63, 3.8) is 0 Å². The van der Waals surface area contributed by atoms with Crippen LogP contribution in [-0.2, 0) is 6.18 Å². The summed E-state index contributed by atoms with van der Waals surface area (Å²) in [6.07, 6.45) is -4.46. The molecule has 0 fully saturated rings. The molecule has 29 heavy (non-hydrogen) atoms. The van der Waals surface area contributed by atoms with Crippen molar-refractivity contribution in [2.24, 2.45) is 0 Å². The van der Waals surface area contributed by atoms with Crippen molar-refractivity contribution in [3.8, 4) is 17.0 Å². The highest BCUT2D eigenvalue weighted by Gasteiger charge is 2.34. The van der Waals surface area contributed by atoms with Crippen LogP contribution >= 0.6 is 0 Å². The van der Waals surface area contributed by atoms with Crippen molar-refractivity contribution in [1.29, 1.82) is 0 Å². The van der Waals surface area contributed by atoms with E-state index >= 15 is 0 Å². The third-order valence-electron chi connectivity index (χ3n) is 4.44. The Kier molecular flexibility index (Phi) is 5.40. The molecule has 0 radical (unpaired) electrons. The zero-order chi connectivity index (χ0) is 21.4. The van der Waals surface area contributed by atoms with Crippen LogP contribution in [0.5, 0.6) is 5.75 Å². The van der Waals surface area contributed by atoms with Gasteiger partial charge >= 0.3 is 6.18 Å². The van der Waals surface area contributed by atoms with Crippen molar-refractivity contribution in [2.75, 3.05) is 7.11 Å². The summed E-state index contributed by atoms with van der Waals surface area (Å²) in [5.41, 5.74) is 0.675. The summed E-state index contributed by atoms with van der Waals surface area (Å²) >= 11 is 0. The average Bonchev–Trinajstić information content (AvgIpc) is 3.12. The summed E-state index contributed by atoms with van der Waals surface area (Å²) < 4.78 is 49.3. The predicted molar refractivity (Wildman–Crippen MR) is 106 cm³/mol. The van der Waals surface area contributed by atoms with E-state index in [0.717, 1.165) is 12.1 Å². The first-order valence-corrected chi connectivity index (χ1v) is 12.4. The lowest BCUT2D eigenvalue weighted by Crippen LogP contribution is -2.40. The number of rotatable bonds is 5. The molecular formula is C21H20F3NO3Si. The van der Waals surface area contributed by atoms with Crippen molar-refractivity contribution < 1.29 is 27.2 Å². The van der Waals surface area contributed by atoms with E-state index in [1.54, 1.807) is 31.4 Å². The number of methoxy groups -OCH3 is 1. The minimum Gasteiger partial charge on any atom is -0.497 e. The average molecular weight is 419 g/mol. The number of hydrogen-bond donors (Lipinski definition) is 0. The number of nitrogens with zero attached hydrogens (tertiary/aromatic N) is 1. The Morgan fingerprint density at radius 1 is 1.00 bits per heavy atom. The van der Waals surface area contributed by atoms with E-state index < -0.39 is 25.6 Å². The molecular weight excluding hydrogens is 399 g/mol. The monoisotopic (exact) mass is 419 g/mol. The lowest BCUT2D eigenvalue weighted by atomic mass is 9.99. The molecule has 3 aromatic rings. The molecule has 1 aromatic heterocycles. The number of carbonyl (C=O) groups excluding carboxylic acids is 1. The third kappa shape index (κ3) is 4.27. The fraction of sp³-hybridized carbons (Fsp3) is 0.238. The summed E-state index contributed by atoms with van der Waals surface area (Å²) in [6.45, 7) is 6.03. The molecule has 0 aliphatic heterocycles. The van der Waals surface area contributed by atoms with Gasteiger partial charge in [0.1, 0.15) is 24.9 Å². The van der Waals surface area contributed by atoms with Crippen LogP contribution in [-0.4, -0.2) is 26.1 Å². The normalized spacial score (nSPS) is 12.1. The Hall–Kier alpha value is -2.87. The Bertz CT molecular complexity index is 1020. The fourth-order valence-corrected chi connectivity index (χ4v) is 4.21. The van der Waals surface area contributed by atoms with Crippen molar-refractivity contribution in [1.82, 2.24) is 5.16 Å². The molecule has 2 aromatic carbocycles. The Morgan fingerprint density at radius 3 is 2.07 bits per heavy atom. The lowest BCUT2D eigenvalue weighted by Gasteiger charge is -2.14. The van der Waals surface area contributed by atoms with Crippen LogP contribution < -0.4 is 10.1 Å². The first-order chi connectivity index (χ1) is 13.5. The number of aromatic nitrogens is 1. The molecule has 152 valence electrons. The Labute approximate surface area is 167 Å². The van der Waals surface area contributed by atoms with E-state index in [9.17, 15) is 18.0 Å². The Balaban J connectivity index is 2.10. The number of benzene rings is 2. The zero-order valence-corrected chi connectivity index (χ0v) is 17.4. The summed E-state index contributed by atoms with van der Waals surface area (Å²) in [4.78, 5) is 13.3. The van der Waals surface area contributed by atoms with E-state index in [2.05, 4.69) is 5.16 Å². The van der Waals surface area contributed by atoms with Crippen LogP contribution in [0.25, 0.3) is 11.3 Å². The second kappa shape index (κ2) is 7.51. The molecule has 4 nitrogen and oxygen atoms in total. The summed E-state index contributed by atoms with van der Waals surface area (Å²) in [7, 11) is -0.549. The predicted octanol–water partition coefficient (Wildman–Crippen LogP) is 5.15. The molecule has 0 saturated carbocycles. The van der Waals surface area contributed by atoms with Gasteiger partial charge in [-0.1, -0.05) is 36.9 Å². The van der Waals surface area contributed by atoms with Gasteiger partial charge in [-0.05, 0) is 36.4 Å². The molecule has 0 atom stereocenters. The van der Waals surface area contributed by atoms with Gasteiger partial charge in [-0.2, -0.15) is 13.2 Å². The van der Waals surface area contributed by atoms with Gasteiger partial charge in [-0.15, -0.1) is 0 Å². The number of carbonyl (C=O) groups is 1. The maximum absolute atomic E-state index is 13.3. The van der Waals surface area contributed by atoms with E-state index in [0.29, 0.717) is 28.0 Å². The van der Waals surface area contributed by atoms with Gasteiger partial charge < -0.3 is 9.26 Å². The largest absolute Gasteiger partial charge is 0.497 e. The first kappa shape index (κ1) is 20.9. The van der Waals surface area contributed by atoms with Gasteiger partial charge in [-0.3, -0.25) is 4.79 Å². The minimum atomic E-state index is -4.46. The zero-order valence-electron chi connectivity index (χ0n) is 16.4. The van der Waals surface area contributed by atoms with Crippen LogP contribution in [0.2, 0.25) is 19.6 Å². The molecule has 8 heteroatoms. The van der Waals surface area contributed by atoms with Crippen LogP contribution in [0, 0.1) is 0 Å². The number of halogens is 3. The molecule has 3 rings (SSSR count). The highest BCUT2D eigenvalue weighted by Crippen LogP contribution is 2.31. The van der Waals surface area contributed by atoms with Gasteiger partial charge in [-0.25, -0.2) is 0 Å². The van der Waals surface area contributed by atoms with Crippen LogP contribution in [0.1, 0.15) is 21.5 Å². The first-order valence-electron chi connectivity index (χ1n) is 8.89. The highest BCUT2D eigenvalue weighted by atomic mass is 28.3. The second-order valence-corrected chi connectivity index (χ2v) is 12.6. The van der Waals surface area contributed by atoms with Gasteiger partial charge in [0, 0.05) is 11.1 Å². The molecule has 0 aliphatic carbocycles. The molecule has 0 saturated heterocycles. The topological polar surface area (TPSA) is 52.3 Å². The summed E-state index contributed by atoms with van der Waals surface area (Å²) in [5, 5.41) is 4.64. The fourth-order valence-electron chi connectivity index (χ4n) is 2.91. The minimum absolute atomic E-state index is 0.149. The standard InChI is InChI=1S/C21H20F3NO3Si/c1-27-16-11-7-13(8-12-16)18-17(20(28-25-18)29(2,3)4)19(26)14-5-9-15(10-6-14)21(22,23)24/h5-12H,1-4H3. The van der Waals surface area contributed by atoms with Crippen molar-refractivity contribution in [3.05, 3.63) is 65.2 Å². The second-order valence-electron chi connectivity index (χ2n) is 7.62. The maximum atomic E-state index is 13.3. The Morgan fingerprint density at radius 2 is 1.59 bits per heavy atom. The SMILES string of the molecule is COc1ccc(-c2noc([Si](C)(C)C)c2C(=O)c2ccc(C(F)(F)F)cc2)cc1. The van der Waals surface area contributed by atoms with Crippen LogP contribution in [0.15, 0.2) is 53.1 Å². The van der Waals surface area contributed by atoms with E-state index in [-0.39, 0.29) is 5.56 Å². The van der Waals surface area contributed by atoms with E-state index in [1.807, 2.05) is 19.6 Å². The highest BCUT2D eigenvalue weighted by molar-refractivity contribution is 6.88. The molecule has 0 bridgehead atoms. The molecule has 0 aliphatic rings. The molecule has 1 heterocycles. The maximum Gasteiger partial charge on any atom is 0.416 e. The van der Waals surface area contributed by atoms with Crippen LogP contribution in [0.4, 0.5) is 13.2 Å². The number of alkyl halides is 3. The summed E-state index contributed by atoms with van der Waals surface area (Å²) in [5.74, 6) is 0.237. The smallest absolute Gasteiger partial charge is 0.416 e.